The van der Waals surface area contributed by atoms with Gasteiger partial charge in [-0.3, -0.25) is 0 Å². The summed E-state index contributed by atoms with van der Waals surface area (Å²) in [7, 11) is 0. The molecular formula is C10H15NS2. The van der Waals surface area contributed by atoms with E-state index in [2.05, 4.69) is 40.8 Å². The molecule has 0 bridgehead atoms. The normalized spacial score (nSPS) is 28.1. The van der Waals surface area contributed by atoms with Gasteiger partial charge in [-0.05, 0) is 34.6 Å². The summed E-state index contributed by atoms with van der Waals surface area (Å²) in [4.78, 5) is 0. The molecule has 1 nitrogen and oxygen atoms in total. The molecule has 72 valence electrons. The molecule has 1 saturated heterocycles. The maximum Gasteiger partial charge on any atom is 0.0216 e. The smallest absolute Gasteiger partial charge is 0.0216 e. The second kappa shape index (κ2) is 4.49. The molecule has 1 aromatic rings. The van der Waals surface area contributed by atoms with E-state index in [0.717, 1.165) is 17.8 Å². The van der Waals surface area contributed by atoms with E-state index in [1.165, 1.54) is 17.7 Å². The Morgan fingerprint density at radius 1 is 1.62 bits per heavy atom. The molecule has 1 fully saturated rings. The summed E-state index contributed by atoms with van der Waals surface area (Å²) in [5.41, 5.74) is 1.43. The third-order valence-electron chi connectivity index (χ3n) is 2.52. The predicted octanol–water partition coefficient (Wildman–Crippen LogP) is 2.73. The fourth-order valence-corrected chi connectivity index (χ4v) is 3.54. The van der Waals surface area contributed by atoms with E-state index in [1.54, 1.807) is 11.3 Å². The first-order valence-electron chi connectivity index (χ1n) is 4.72. The van der Waals surface area contributed by atoms with Crippen LogP contribution in [-0.4, -0.2) is 17.0 Å². The molecule has 13 heavy (non-hydrogen) atoms. The Kier molecular flexibility index (Phi) is 3.30. The Labute approximate surface area is 87.9 Å². The average Bonchev–Trinajstić information content (AvgIpc) is 2.72. The molecule has 3 heteroatoms. The summed E-state index contributed by atoms with van der Waals surface area (Å²) in [5, 5.41) is 8.77. The first-order valence-corrected chi connectivity index (χ1v) is 6.71. The number of nitrogens with one attached hydrogen (secondary N) is 1. The number of thiophene rings is 1. The lowest BCUT2D eigenvalue weighted by molar-refractivity contribution is 0.513. The first kappa shape index (κ1) is 9.56. The summed E-state index contributed by atoms with van der Waals surface area (Å²) in [6, 6.07) is 2.93. The molecule has 2 rings (SSSR count). The first-order chi connectivity index (χ1) is 6.36. The second-order valence-electron chi connectivity index (χ2n) is 3.48. The Hall–Kier alpha value is 0.01000. The van der Waals surface area contributed by atoms with Crippen molar-refractivity contribution in [1.82, 2.24) is 5.32 Å². The van der Waals surface area contributed by atoms with E-state index < -0.39 is 0 Å². The molecule has 1 aliphatic heterocycles. The molecule has 0 spiro atoms. The minimum Gasteiger partial charge on any atom is -0.309 e. The van der Waals surface area contributed by atoms with Crippen LogP contribution in [0.2, 0.25) is 0 Å². The minimum atomic E-state index is 0.727. The van der Waals surface area contributed by atoms with Gasteiger partial charge in [0.2, 0.25) is 0 Å². The van der Waals surface area contributed by atoms with Crippen LogP contribution in [0.3, 0.4) is 0 Å². The average molecular weight is 213 g/mol. The molecule has 0 saturated carbocycles. The minimum absolute atomic E-state index is 0.727. The van der Waals surface area contributed by atoms with Gasteiger partial charge in [-0.25, -0.2) is 0 Å². The van der Waals surface area contributed by atoms with Crippen LogP contribution < -0.4 is 5.32 Å². The Morgan fingerprint density at radius 2 is 2.54 bits per heavy atom. The van der Waals surface area contributed by atoms with Crippen LogP contribution in [0.4, 0.5) is 0 Å². The van der Waals surface area contributed by atoms with Crippen molar-refractivity contribution >= 4 is 23.1 Å². The molecule has 1 aromatic heterocycles. The van der Waals surface area contributed by atoms with E-state index in [1.807, 2.05) is 0 Å². The van der Waals surface area contributed by atoms with Crippen molar-refractivity contribution in [3.05, 3.63) is 22.4 Å². The Balaban J connectivity index is 1.79. The van der Waals surface area contributed by atoms with Gasteiger partial charge in [0.15, 0.2) is 0 Å². The van der Waals surface area contributed by atoms with E-state index in [4.69, 9.17) is 0 Å². The standard InChI is InChI=1S/C10H15NS2/c1-8-10(3-5-13-8)11-6-9-2-4-12-7-9/h2,4,7-8,10-11H,3,5-6H2,1H3. The van der Waals surface area contributed by atoms with Crippen LogP contribution in [0, 0.1) is 0 Å². The lowest BCUT2D eigenvalue weighted by Crippen LogP contribution is -2.32. The van der Waals surface area contributed by atoms with Crippen LogP contribution in [0.1, 0.15) is 18.9 Å². The highest BCUT2D eigenvalue weighted by Crippen LogP contribution is 2.26. The molecule has 2 atom stereocenters. The van der Waals surface area contributed by atoms with E-state index >= 15 is 0 Å². The van der Waals surface area contributed by atoms with Gasteiger partial charge in [0.25, 0.3) is 0 Å². The SMILES string of the molecule is CC1SCCC1NCc1ccsc1. The van der Waals surface area contributed by atoms with Gasteiger partial charge in [-0.15, -0.1) is 0 Å². The summed E-state index contributed by atoms with van der Waals surface area (Å²) >= 11 is 3.86. The van der Waals surface area contributed by atoms with Crippen molar-refractivity contribution in [1.29, 1.82) is 0 Å². The summed E-state index contributed by atoms with van der Waals surface area (Å²) in [5.74, 6) is 1.32. The van der Waals surface area contributed by atoms with Crippen LogP contribution >= 0.6 is 23.1 Å². The topological polar surface area (TPSA) is 12.0 Å². The van der Waals surface area contributed by atoms with E-state index in [0.29, 0.717) is 0 Å². The lowest BCUT2D eigenvalue weighted by Gasteiger charge is -2.15. The van der Waals surface area contributed by atoms with Crippen molar-refractivity contribution in [2.75, 3.05) is 5.75 Å². The van der Waals surface area contributed by atoms with Crippen LogP contribution in [0.15, 0.2) is 16.8 Å². The van der Waals surface area contributed by atoms with E-state index in [9.17, 15) is 0 Å². The molecule has 0 aromatic carbocycles. The van der Waals surface area contributed by atoms with Crippen molar-refractivity contribution in [3.63, 3.8) is 0 Å². The second-order valence-corrected chi connectivity index (χ2v) is 5.75. The highest BCUT2D eigenvalue weighted by Gasteiger charge is 2.22. The predicted molar refractivity (Wildman–Crippen MR) is 61.5 cm³/mol. The van der Waals surface area contributed by atoms with Crippen LogP contribution in [0.5, 0.6) is 0 Å². The largest absolute Gasteiger partial charge is 0.309 e. The Bertz CT molecular complexity index is 245. The molecule has 2 unspecified atom stereocenters. The third-order valence-corrected chi connectivity index (χ3v) is 4.58. The number of thioether (sulfide) groups is 1. The van der Waals surface area contributed by atoms with Gasteiger partial charge in [-0.2, -0.15) is 23.1 Å². The van der Waals surface area contributed by atoms with Gasteiger partial charge in [0, 0.05) is 17.8 Å². The Morgan fingerprint density at radius 3 is 3.15 bits per heavy atom. The highest BCUT2D eigenvalue weighted by atomic mass is 32.2. The number of hydrogen-bond donors (Lipinski definition) is 1. The van der Waals surface area contributed by atoms with Crippen molar-refractivity contribution in [2.24, 2.45) is 0 Å². The fourth-order valence-electron chi connectivity index (χ4n) is 1.64. The summed E-state index contributed by atoms with van der Waals surface area (Å²) < 4.78 is 0. The molecule has 1 aliphatic rings. The van der Waals surface area contributed by atoms with Crippen LogP contribution in [0.25, 0.3) is 0 Å². The molecule has 2 heterocycles. The van der Waals surface area contributed by atoms with E-state index in [-0.39, 0.29) is 0 Å². The zero-order valence-corrected chi connectivity index (χ0v) is 9.46. The monoisotopic (exact) mass is 213 g/mol. The molecule has 0 amide bonds. The van der Waals surface area contributed by atoms with Gasteiger partial charge in [-0.1, -0.05) is 6.92 Å². The van der Waals surface area contributed by atoms with Crippen molar-refractivity contribution < 1.29 is 0 Å². The number of rotatable bonds is 3. The van der Waals surface area contributed by atoms with Gasteiger partial charge < -0.3 is 5.32 Å². The lowest BCUT2D eigenvalue weighted by atomic mass is 10.1. The highest BCUT2D eigenvalue weighted by molar-refractivity contribution is 8.00. The molecule has 1 N–H and O–H groups in total. The van der Waals surface area contributed by atoms with Crippen LogP contribution in [-0.2, 0) is 6.54 Å². The number of hydrogen-bond acceptors (Lipinski definition) is 3. The molecule has 0 aliphatic carbocycles. The summed E-state index contributed by atoms with van der Waals surface area (Å²) in [6.45, 7) is 3.36. The molecular weight excluding hydrogens is 198 g/mol. The zero-order chi connectivity index (χ0) is 9.10. The van der Waals surface area contributed by atoms with Gasteiger partial charge >= 0.3 is 0 Å². The fraction of sp³-hybridized carbons (Fsp3) is 0.600. The zero-order valence-electron chi connectivity index (χ0n) is 7.82. The van der Waals surface area contributed by atoms with Gasteiger partial charge in [0.1, 0.15) is 0 Å². The maximum absolute atomic E-state index is 3.62. The summed E-state index contributed by atoms with van der Waals surface area (Å²) in [6.07, 6.45) is 1.33. The maximum atomic E-state index is 3.62. The quantitative estimate of drug-likeness (QED) is 0.828. The third kappa shape index (κ3) is 2.48. The van der Waals surface area contributed by atoms with Gasteiger partial charge in [0.05, 0.1) is 0 Å². The molecule has 0 radical (unpaired) electrons. The van der Waals surface area contributed by atoms with Crippen molar-refractivity contribution in [3.8, 4) is 0 Å². The van der Waals surface area contributed by atoms with Crippen molar-refractivity contribution in [2.45, 2.75) is 31.2 Å².